The van der Waals surface area contributed by atoms with E-state index in [0.717, 1.165) is 49.0 Å². The Morgan fingerprint density at radius 1 is 1.42 bits per heavy atom. The fourth-order valence-electron chi connectivity index (χ4n) is 2.91. The number of hydrogen-bond donors (Lipinski definition) is 1. The van der Waals surface area contributed by atoms with Gasteiger partial charge in [0.25, 0.3) is 0 Å². The van der Waals surface area contributed by atoms with Crippen LogP contribution in [0, 0.1) is 5.92 Å². The number of β-amino-alcohol motifs (C(OH)–C–C–N with tert-alkyl or cyclic N) is 1. The number of aliphatic hydroxyl groups is 1. The summed E-state index contributed by atoms with van der Waals surface area (Å²) in [6.07, 6.45) is 0.943. The molecule has 0 aliphatic carbocycles. The number of ether oxygens (including phenoxy) is 1. The van der Waals surface area contributed by atoms with Crippen molar-refractivity contribution in [2.45, 2.75) is 32.4 Å². The van der Waals surface area contributed by atoms with Gasteiger partial charge < -0.3 is 9.84 Å². The molecule has 19 heavy (non-hydrogen) atoms. The highest BCUT2D eigenvalue weighted by atomic mass is 35.5. The molecular weight excluding hydrogens is 262 g/mol. The normalized spacial score (nSPS) is 21.1. The van der Waals surface area contributed by atoms with Crippen molar-refractivity contribution in [3.63, 3.8) is 0 Å². The van der Waals surface area contributed by atoms with Crippen LogP contribution in [0.1, 0.15) is 25.0 Å². The Balaban J connectivity index is 1.72. The molecule has 1 saturated heterocycles. The van der Waals surface area contributed by atoms with E-state index in [9.17, 15) is 5.11 Å². The summed E-state index contributed by atoms with van der Waals surface area (Å²) in [5.41, 5.74) is 1.83. The molecule has 2 aliphatic rings. The summed E-state index contributed by atoms with van der Waals surface area (Å²) in [7, 11) is 0. The third kappa shape index (κ3) is 2.35. The lowest BCUT2D eigenvalue weighted by atomic mass is 9.83. The van der Waals surface area contributed by atoms with Crippen molar-refractivity contribution < 1.29 is 9.84 Å². The molecule has 104 valence electrons. The number of rotatable bonds is 3. The predicted molar refractivity (Wildman–Crippen MR) is 75.7 cm³/mol. The van der Waals surface area contributed by atoms with E-state index in [1.807, 2.05) is 12.1 Å². The fraction of sp³-hybridized carbons (Fsp3) is 0.600. The number of likely N-dealkylation sites (tertiary alicyclic amines) is 1. The van der Waals surface area contributed by atoms with Crippen LogP contribution < -0.4 is 4.74 Å². The first kappa shape index (κ1) is 13.2. The molecule has 0 saturated carbocycles. The largest absolute Gasteiger partial charge is 0.493 e. The van der Waals surface area contributed by atoms with Gasteiger partial charge in [0.15, 0.2) is 0 Å². The third-order valence-electron chi connectivity index (χ3n) is 4.29. The van der Waals surface area contributed by atoms with E-state index in [1.54, 1.807) is 0 Å². The molecule has 0 atom stereocenters. The van der Waals surface area contributed by atoms with Crippen molar-refractivity contribution in [1.82, 2.24) is 4.90 Å². The van der Waals surface area contributed by atoms with Crippen LogP contribution in [0.3, 0.4) is 0 Å². The third-order valence-corrected chi connectivity index (χ3v) is 4.51. The molecule has 0 bridgehead atoms. The van der Waals surface area contributed by atoms with Crippen LogP contribution in [0.5, 0.6) is 5.75 Å². The second-order valence-corrected chi connectivity index (χ2v) is 6.49. The molecule has 0 radical (unpaired) electrons. The van der Waals surface area contributed by atoms with Crippen LogP contribution in [0.2, 0.25) is 5.02 Å². The van der Waals surface area contributed by atoms with E-state index in [-0.39, 0.29) is 0 Å². The van der Waals surface area contributed by atoms with Gasteiger partial charge in [-0.25, -0.2) is 0 Å². The average molecular weight is 282 g/mol. The smallest absolute Gasteiger partial charge is 0.127 e. The zero-order valence-electron chi connectivity index (χ0n) is 11.4. The average Bonchev–Trinajstić information content (AvgIpc) is 2.74. The SMILES string of the molecule is CC(C)C1(O)CN(Cc2cc(Cl)cc3c2OCC3)C1. The van der Waals surface area contributed by atoms with Crippen LogP contribution in [-0.4, -0.2) is 35.3 Å². The van der Waals surface area contributed by atoms with Gasteiger partial charge in [-0.2, -0.15) is 0 Å². The Morgan fingerprint density at radius 3 is 2.84 bits per heavy atom. The molecule has 0 unspecified atom stereocenters. The molecule has 1 aromatic rings. The molecule has 3 rings (SSSR count). The van der Waals surface area contributed by atoms with Gasteiger partial charge >= 0.3 is 0 Å². The number of hydrogen-bond acceptors (Lipinski definition) is 3. The summed E-state index contributed by atoms with van der Waals surface area (Å²) in [5, 5.41) is 11.1. The molecule has 1 fully saturated rings. The summed E-state index contributed by atoms with van der Waals surface area (Å²) >= 11 is 6.16. The van der Waals surface area contributed by atoms with Crippen molar-refractivity contribution in [1.29, 1.82) is 0 Å². The number of nitrogens with zero attached hydrogens (tertiary/aromatic N) is 1. The zero-order chi connectivity index (χ0) is 13.6. The molecule has 1 aromatic carbocycles. The van der Waals surface area contributed by atoms with E-state index in [0.29, 0.717) is 5.92 Å². The quantitative estimate of drug-likeness (QED) is 0.924. The van der Waals surface area contributed by atoms with Crippen LogP contribution in [0.25, 0.3) is 0 Å². The summed E-state index contributed by atoms with van der Waals surface area (Å²) in [6.45, 7) is 7.14. The molecule has 2 aliphatic heterocycles. The molecule has 0 spiro atoms. The van der Waals surface area contributed by atoms with Gasteiger partial charge in [-0.15, -0.1) is 0 Å². The van der Waals surface area contributed by atoms with Gasteiger partial charge in [-0.05, 0) is 23.6 Å². The molecule has 4 heteroatoms. The van der Waals surface area contributed by atoms with E-state index < -0.39 is 5.60 Å². The molecular formula is C15H20ClNO2. The van der Waals surface area contributed by atoms with E-state index in [1.165, 1.54) is 5.56 Å². The molecule has 2 heterocycles. The maximum atomic E-state index is 10.3. The number of fused-ring (bicyclic) bond motifs is 1. The summed E-state index contributed by atoms with van der Waals surface area (Å²) < 4.78 is 5.71. The van der Waals surface area contributed by atoms with Crippen molar-refractivity contribution >= 4 is 11.6 Å². The highest BCUT2D eigenvalue weighted by molar-refractivity contribution is 6.30. The van der Waals surface area contributed by atoms with Crippen LogP contribution in [-0.2, 0) is 13.0 Å². The van der Waals surface area contributed by atoms with Gasteiger partial charge in [0, 0.05) is 36.6 Å². The first-order valence-corrected chi connectivity index (χ1v) is 7.24. The van der Waals surface area contributed by atoms with Crippen molar-refractivity contribution in [3.05, 3.63) is 28.3 Å². The minimum absolute atomic E-state index is 0.296. The standard InChI is InChI=1S/C15H20ClNO2/c1-10(2)15(18)8-17(9-15)7-12-6-13(16)5-11-3-4-19-14(11)12/h5-6,10,18H,3-4,7-9H2,1-2H3. The van der Waals surface area contributed by atoms with Crippen LogP contribution in [0.4, 0.5) is 0 Å². The Labute approximate surface area is 119 Å². The fourth-order valence-corrected chi connectivity index (χ4v) is 3.17. The number of halogens is 1. The van der Waals surface area contributed by atoms with Crippen LogP contribution in [0.15, 0.2) is 12.1 Å². The number of benzene rings is 1. The summed E-state index contributed by atoms with van der Waals surface area (Å²) in [6, 6.07) is 3.98. The van der Waals surface area contributed by atoms with Crippen molar-refractivity contribution in [2.24, 2.45) is 5.92 Å². The second-order valence-electron chi connectivity index (χ2n) is 6.06. The second kappa shape index (κ2) is 4.65. The lowest BCUT2D eigenvalue weighted by molar-refractivity contribution is -0.130. The van der Waals surface area contributed by atoms with Gasteiger partial charge in [0.2, 0.25) is 0 Å². The van der Waals surface area contributed by atoms with Crippen molar-refractivity contribution in [2.75, 3.05) is 19.7 Å². The summed E-state index contributed by atoms with van der Waals surface area (Å²) in [5.74, 6) is 1.30. The van der Waals surface area contributed by atoms with Gasteiger partial charge in [0.1, 0.15) is 5.75 Å². The Morgan fingerprint density at radius 2 is 2.16 bits per heavy atom. The molecule has 3 nitrogen and oxygen atoms in total. The van der Waals surface area contributed by atoms with Crippen LogP contribution >= 0.6 is 11.6 Å². The van der Waals surface area contributed by atoms with E-state index in [2.05, 4.69) is 18.7 Å². The Bertz CT molecular complexity index is 495. The lowest BCUT2D eigenvalue weighted by Gasteiger charge is -2.49. The first-order valence-electron chi connectivity index (χ1n) is 6.87. The minimum Gasteiger partial charge on any atom is -0.493 e. The van der Waals surface area contributed by atoms with E-state index in [4.69, 9.17) is 16.3 Å². The molecule has 0 amide bonds. The van der Waals surface area contributed by atoms with E-state index >= 15 is 0 Å². The van der Waals surface area contributed by atoms with Crippen molar-refractivity contribution in [3.8, 4) is 5.75 Å². The maximum absolute atomic E-state index is 10.3. The highest BCUT2D eigenvalue weighted by Crippen LogP contribution is 2.36. The Hall–Kier alpha value is -0.770. The topological polar surface area (TPSA) is 32.7 Å². The lowest BCUT2D eigenvalue weighted by Crippen LogP contribution is -2.63. The summed E-state index contributed by atoms with van der Waals surface area (Å²) in [4.78, 5) is 2.24. The first-order chi connectivity index (χ1) is 8.98. The molecule has 1 N–H and O–H groups in total. The minimum atomic E-state index is -0.525. The molecule has 0 aromatic heterocycles. The highest BCUT2D eigenvalue weighted by Gasteiger charge is 2.43. The zero-order valence-corrected chi connectivity index (χ0v) is 12.2. The predicted octanol–water partition coefficient (Wildman–Crippen LogP) is 2.48. The van der Waals surface area contributed by atoms with Gasteiger partial charge in [-0.3, -0.25) is 4.90 Å². The monoisotopic (exact) mass is 281 g/mol. The maximum Gasteiger partial charge on any atom is 0.127 e. The van der Waals surface area contributed by atoms with Gasteiger partial charge in [0.05, 0.1) is 12.2 Å². The Kier molecular flexibility index (Phi) is 3.24. The van der Waals surface area contributed by atoms with Gasteiger partial charge in [-0.1, -0.05) is 25.4 Å².